The second kappa shape index (κ2) is 11.7. The summed E-state index contributed by atoms with van der Waals surface area (Å²) < 4.78 is 11.4. The molecule has 0 aromatic heterocycles. The Hall–Kier alpha value is -1.38. The molecule has 2 fully saturated rings. The van der Waals surface area contributed by atoms with Crippen molar-refractivity contribution < 1.29 is 14.6 Å². The third-order valence-corrected chi connectivity index (χ3v) is 5.89. The zero-order valence-corrected chi connectivity index (χ0v) is 18.1. The molecule has 164 valence electrons. The van der Waals surface area contributed by atoms with E-state index in [4.69, 9.17) is 9.47 Å². The van der Waals surface area contributed by atoms with Gasteiger partial charge in [0.1, 0.15) is 24.2 Å². The summed E-state index contributed by atoms with van der Waals surface area (Å²) in [4.78, 5) is 7.13. The second-order valence-electron chi connectivity index (χ2n) is 8.27. The molecule has 0 bridgehead atoms. The number of hydrogen-bond acceptors (Lipinski definition) is 7. The average Bonchev–Trinajstić information content (AvgIpc) is 3.25. The van der Waals surface area contributed by atoms with Gasteiger partial charge in [-0.05, 0) is 39.0 Å². The molecule has 1 aromatic rings. The van der Waals surface area contributed by atoms with Crippen LogP contribution in [-0.4, -0.2) is 106 Å². The van der Waals surface area contributed by atoms with Crippen LogP contribution in [0, 0.1) is 0 Å². The number of nitrogens with one attached hydrogen (secondary N) is 1. The molecule has 2 aliphatic heterocycles. The molecule has 3 rings (SSSR count). The van der Waals surface area contributed by atoms with Gasteiger partial charge in [-0.3, -0.25) is 4.90 Å². The molecule has 0 radical (unpaired) electrons. The number of methoxy groups -OCH3 is 1. The first-order valence-corrected chi connectivity index (χ1v) is 11.0. The van der Waals surface area contributed by atoms with Crippen LogP contribution in [0.25, 0.3) is 0 Å². The Bertz CT molecular complexity index is 602. The Morgan fingerprint density at radius 1 is 1.07 bits per heavy atom. The Morgan fingerprint density at radius 3 is 2.55 bits per heavy atom. The molecule has 2 aliphatic rings. The summed E-state index contributed by atoms with van der Waals surface area (Å²) >= 11 is 0. The molecular weight excluding hydrogens is 368 g/mol. The van der Waals surface area contributed by atoms with E-state index >= 15 is 0 Å². The Balaban J connectivity index is 1.45. The van der Waals surface area contributed by atoms with Crippen molar-refractivity contribution in [1.29, 1.82) is 0 Å². The molecule has 0 aliphatic carbocycles. The molecular formula is C22H38N4O3. The first-order chi connectivity index (χ1) is 14.1. The lowest BCUT2D eigenvalue weighted by Crippen LogP contribution is -2.47. The van der Waals surface area contributed by atoms with E-state index in [1.54, 1.807) is 7.11 Å². The highest BCUT2D eigenvalue weighted by molar-refractivity contribution is 5.40. The molecule has 2 heterocycles. The summed E-state index contributed by atoms with van der Waals surface area (Å²) in [6.07, 6.45) is 2.15. The minimum Gasteiger partial charge on any atom is -0.497 e. The summed E-state index contributed by atoms with van der Waals surface area (Å²) in [7, 11) is 3.80. The Kier molecular flexibility index (Phi) is 9.01. The zero-order chi connectivity index (χ0) is 20.5. The fourth-order valence-electron chi connectivity index (χ4n) is 3.98. The van der Waals surface area contributed by atoms with Crippen molar-refractivity contribution in [2.75, 3.05) is 79.7 Å². The van der Waals surface area contributed by atoms with Crippen LogP contribution in [0.3, 0.4) is 0 Å². The maximum absolute atomic E-state index is 10.4. The van der Waals surface area contributed by atoms with E-state index in [0.717, 1.165) is 62.9 Å². The fourth-order valence-corrected chi connectivity index (χ4v) is 3.98. The topological polar surface area (TPSA) is 60.4 Å². The van der Waals surface area contributed by atoms with E-state index in [-0.39, 0.29) is 0 Å². The number of nitrogens with zero attached hydrogens (tertiary/aromatic N) is 3. The van der Waals surface area contributed by atoms with Crippen molar-refractivity contribution in [3.63, 3.8) is 0 Å². The molecule has 29 heavy (non-hydrogen) atoms. The van der Waals surface area contributed by atoms with Crippen LogP contribution < -0.4 is 14.8 Å². The summed E-state index contributed by atoms with van der Waals surface area (Å²) in [6.45, 7) is 10.3. The van der Waals surface area contributed by atoms with E-state index in [1.165, 1.54) is 25.9 Å². The minimum absolute atomic E-state index is 0.292. The molecule has 1 atom stereocenters. The number of β-amino-alcohol motifs (C(OH)–C–C–N with tert-alkyl or cyclic N) is 1. The number of hydrogen-bond donors (Lipinski definition) is 2. The van der Waals surface area contributed by atoms with Gasteiger partial charge < -0.3 is 29.7 Å². The number of likely N-dealkylation sites (tertiary alicyclic amines) is 1. The molecule has 0 amide bonds. The van der Waals surface area contributed by atoms with Gasteiger partial charge in [-0.15, -0.1) is 0 Å². The largest absolute Gasteiger partial charge is 0.497 e. The molecule has 2 N–H and O–H groups in total. The van der Waals surface area contributed by atoms with Crippen LogP contribution in [0.4, 0.5) is 0 Å². The minimum atomic E-state index is -0.499. The first-order valence-electron chi connectivity index (χ1n) is 11.0. The normalized spacial score (nSPS) is 20.1. The number of rotatable bonds is 11. The van der Waals surface area contributed by atoms with Gasteiger partial charge in [0, 0.05) is 64.0 Å². The lowest BCUT2D eigenvalue weighted by Gasteiger charge is -2.33. The van der Waals surface area contributed by atoms with Crippen LogP contribution >= 0.6 is 0 Å². The first kappa shape index (κ1) is 22.3. The Labute approximate surface area is 175 Å². The highest BCUT2D eigenvalue weighted by Gasteiger charge is 2.18. The van der Waals surface area contributed by atoms with Crippen LogP contribution in [0.2, 0.25) is 0 Å². The van der Waals surface area contributed by atoms with Crippen molar-refractivity contribution >= 4 is 0 Å². The molecule has 1 aromatic carbocycles. The van der Waals surface area contributed by atoms with E-state index in [9.17, 15) is 5.11 Å². The molecule has 7 nitrogen and oxygen atoms in total. The fraction of sp³-hybridized carbons (Fsp3) is 0.727. The number of ether oxygens (including phenoxy) is 2. The average molecular weight is 407 g/mol. The highest BCUT2D eigenvalue weighted by Crippen LogP contribution is 2.25. The standard InChI is InChI=1S/C22H38N4O3/c1-24-11-13-26(14-12-24)17-20(27)18-29-22-15-21(28-2)6-5-19(22)16-23-7-10-25-8-3-4-9-25/h5-6,15,20,23,27H,3-4,7-14,16-18H2,1-2H3. The third-order valence-electron chi connectivity index (χ3n) is 5.89. The zero-order valence-electron chi connectivity index (χ0n) is 18.1. The molecule has 2 saturated heterocycles. The number of benzene rings is 1. The highest BCUT2D eigenvalue weighted by atomic mass is 16.5. The van der Waals surface area contributed by atoms with Gasteiger partial charge >= 0.3 is 0 Å². The lowest BCUT2D eigenvalue weighted by atomic mass is 10.2. The van der Waals surface area contributed by atoms with Crippen molar-refractivity contribution in [3.8, 4) is 11.5 Å². The van der Waals surface area contributed by atoms with Crippen LogP contribution in [-0.2, 0) is 6.54 Å². The predicted molar refractivity (Wildman–Crippen MR) is 116 cm³/mol. The smallest absolute Gasteiger partial charge is 0.127 e. The van der Waals surface area contributed by atoms with E-state index in [1.807, 2.05) is 18.2 Å². The van der Waals surface area contributed by atoms with Crippen molar-refractivity contribution in [3.05, 3.63) is 23.8 Å². The lowest BCUT2D eigenvalue weighted by molar-refractivity contribution is 0.0501. The number of aliphatic hydroxyl groups excluding tert-OH is 1. The summed E-state index contributed by atoms with van der Waals surface area (Å²) in [5.41, 5.74) is 1.10. The summed E-state index contributed by atoms with van der Waals surface area (Å²) in [6, 6.07) is 5.93. The number of aliphatic hydroxyl groups is 1. The van der Waals surface area contributed by atoms with E-state index in [0.29, 0.717) is 13.2 Å². The van der Waals surface area contributed by atoms with Gasteiger partial charge in [0.05, 0.1) is 7.11 Å². The monoisotopic (exact) mass is 406 g/mol. The van der Waals surface area contributed by atoms with Gasteiger partial charge in [-0.2, -0.15) is 0 Å². The van der Waals surface area contributed by atoms with Gasteiger partial charge in [0.25, 0.3) is 0 Å². The van der Waals surface area contributed by atoms with Crippen LogP contribution in [0.15, 0.2) is 18.2 Å². The van der Waals surface area contributed by atoms with Gasteiger partial charge in [-0.1, -0.05) is 6.07 Å². The van der Waals surface area contributed by atoms with Gasteiger partial charge in [-0.25, -0.2) is 0 Å². The van der Waals surface area contributed by atoms with Crippen LogP contribution in [0.1, 0.15) is 18.4 Å². The molecule has 1 unspecified atom stereocenters. The van der Waals surface area contributed by atoms with Gasteiger partial charge in [0.2, 0.25) is 0 Å². The predicted octanol–water partition coefficient (Wildman–Crippen LogP) is 0.868. The van der Waals surface area contributed by atoms with E-state index in [2.05, 4.69) is 27.1 Å². The molecule has 0 spiro atoms. The SMILES string of the molecule is COc1ccc(CNCCN2CCCC2)c(OCC(O)CN2CCN(C)CC2)c1. The van der Waals surface area contributed by atoms with Crippen molar-refractivity contribution in [2.24, 2.45) is 0 Å². The maximum Gasteiger partial charge on any atom is 0.127 e. The van der Waals surface area contributed by atoms with Crippen molar-refractivity contribution in [1.82, 2.24) is 20.0 Å². The molecule has 0 saturated carbocycles. The molecule has 7 heteroatoms. The van der Waals surface area contributed by atoms with E-state index < -0.39 is 6.10 Å². The quantitative estimate of drug-likeness (QED) is 0.529. The third kappa shape index (κ3) is 7.42. The summed E-state index contributed by atoms with van der Waals surface area (Å²) in [5, 5.41) is 14.0. The number of piperazine rings is 1. The van der Waals surface area contributed by atoms with Crippen LogP contribution in [0.5, 0.6) is 11.5 Å². The summed E-state index contributed by atoms with van der Waals surface area (Å²) in [5.74, 6) is 1.56. The second-order valence-corrected chi connectivity index (χ2v) is 8.27. The van der Waals surface area contributed by atoms with Crippen molar-refractivity contribution in [2.45, 2.75) is 25.5 Å². The Morgan fingerprint density at radius 2 is 1.83 bits per heavy atom. The maximum atomic E-state index is 10.4. The number of likely N-dealkylation sites (N-methyl/N-ethyl adjacent to an activating group) is 1. The van der Waals surface area contributed by atoms with Gasteiger partial charge in [0.15, 0.2) is 0 Å².